The predicted octanol–water partition coefficient (Wildman–Crippen LogP) is 3.16. The third-order valence-electron chi connectivity index (χ3n) is 3.48. The molecular formula is C16H25NO4. The molecule has 2 rings (SSSR count). The summed E-state index contributed by atoms with van der Waals surface area (Å²) in [6.45, 7) is 7.10. The molecule has 5 nitrogen and oxygen atoms in total. The zero-order valence-electron chi connectivity index (χ0n) is 13.2. The molecule has 1 fully saturated rings. The van der Waals surface area contributed by atoms with Gasteiger partial charge in [-0.3, -0.25) is 0 Å². The van der Waals surface area contributed by atoms with E-state index in [9.17, 15) is 4.79 Å². The highest BCUT2D eigenvalue weighted by Crippen LogP contribution is 2.21. The fourth-order valence-corrected chi connectivity index (χ4v) is 2.53. The predicted molar refractivity (Wildman–Crippen MR) is 78.3 cm³/mol. The van der Waals surface area contributed by atoms with Gasteiger partial charge >= 0.3 is 5.97 Å². The molecule has 0 N–H and O–H groups in total. The van der Waals surface area contributed by atoms with Crippen molar-refractivity contribution in [3.05, 3.63) is 17.3 Å². The van der Waals surface area contributed by atoms with E-state index in [1.807, 2.05) is 0 Å². The second kappa shape index (κ2) is 7.59. The van der Waals surface area contributed by atoms with Crippen LogP contribution in [0.1, 0.15) is 62.2 Å². The highest BCUT2D eigenvalue weighted by molar-refractivity contribution is 5.87. The Morgan fingerprint density at radius 1 is 1.43 bits per heavy atom. The number of aromatic nitrogens is 1. The standard InChI is InChI=1S/C16H25NO4/c1-4-19-16(18)15-13(9-11(2)3)17-14(21-15)10-12-7-5-6-8-20-12/h11-12H,4-10H2,1-3H3. The second-order valence-electron chi connectivity index (χ2n) is 5.89. The van der Waals surface area contributed by atoms with E-state index in [0.29, 0.717) is 37.0 Å². The van der Waals surface area contributed by atoms with Crippen LogP contribution in [0, 0.1) is 5.92 Å². The maximum Gasteiger partial charge on any atom is 0.376 e. The van der Waals surface area contributed by atoms with Crippen LogP contribution in [0.2, 0.25) is 0 Å². The Morgan fingerprint density at radius 3 is 2.86 bits per heavy atom. The zero-order valence-corrected chi connectivity index (χ0v) is 13.2. The molecule has 2 heterocycles. The molecule has 0 amide bonds. The molecule has 1 aromatic heterocycles. The van der Waals surface area contributed by atoms with Gasteiger partial charge in [-0.15, -0.1) is 0 Å². The fourth-order valence-electron chi connectivity index (χ4n) is 2.53. The molecule has 1 aromatic rings. The molecule has 1 unspecified atom stereocenters. The van der Waals surface area contributed by atoms with Gasteiger partial charge in [0.25, 0.3) is 0 Å². The van der Waals surface area contributed by atoms with Crippen LogP contribution >= 0.6 is 0 Å². The van der Waals surface area contributed by atoms with Crippen molar-refractivity contribution in [1.29, 1.82) is 0 Å². The van der Waals surface area contributed by atoms with Crippen molar-refractivity contribution in [2.24, 2.45) is 5.92 Å². The summed E-state index contributed by atoms with van der Waals surface area (Å²) in [4.78, 5) is 16.5. The van der Waals surface area contributed by atoms with Crippen LogP contribution in [0.4, 0.5) is 0 Å². The van der Waals surface area contributed by atoms with Gasteiger partial charge in [0.2, 0.25) is 5.76 Å². The van der Waals surface area contributed by atoms with Gasteiger partial charge in [-0.25, -0.2) is 9.78 Å². The molecule has 1 aliphatic heterocycles. The Morgan fingerprint density at radius 2 is 2.24 bits per heavy atom. The van der Waals surface area contributed by atoms with Crippen molar-refractivity contribution in [3.63, 3.8) is 0 Å². The van der Waals surface area contributed by atoms with E-state index < -0.39 is 5.97 Å². The van der Waals surface area contributed by atoms with Gasteiger partial charge in [0.15, 0.2) is 5.89 Å². The van der Waals surface area contributed by atoms with Gasteiger partial charge in [-0.2, -0.15) is 0 Å². The first-order valence-electron chi connectivity index (χ1n) is 7.87. The molecule has 1 aliphatic rings. The minimum atomic E-state index is -0.420. The minimum Gasteiger partial charge on any atom is -0.460 e. The third-order valence-corrected chi connectivity index (χ3v) is 3.48. The van der Waals surface area contributed by atoms with E-state index in [-0.39, 0.29) is 11.9 Å². The first-order chi connectivity index (χ1) is 10.1. The molecule has 0 spiro atoms. The number of carbonyl (C=O) groups is 1. The molecule has 1 atom stereocenters. The lowest BCUT2D eigenvalue weighted by molar-refractivity contribution is 0.0127. The number of esters is 1. The molecule has 21 heavy (non-hydrogen) atoms. The largest absolute Gasteiger partial charge is 0.460 e. The molecule has 5 heteroatoms. The van der Waals surface area contributed by atoms with Crippen LogP contribution in [0.5, 0.6) is 0 Å². The second-order valence-corrected chi connectivity index (χ2v) is 5.89. The lowest BCUT2D eigenvalue weighted by atomic mass is 10.1. The maximum absolute atomic E-state index is 12.0. The number of oxazole rings is 1. The summed E-state index contributed by atoms with van der Waals surface area (Å²) in [7, 11) is 0. The topological polar surface area (TPSA) is 61.6 Å². The van der Waals surface area contributed by atoms with Gasteiger partial charge in [0, 0.05) is 6.61 Å². The van der Waals surface area contributed by atoms with Gasteiger partial charge < -0.3 is 13.9 Å². The quantitative estimate of drug-likeness (QED) is 0.754. The van der Waals surface area contributed by atoms with E-state index in [2.05, 4.69) is 18.8 Å². The zero-order chi connectivity index (χ0) is 15.2. The highest BCUT2D eigenvalue weighted by atomic mass is 16.5. The molecule has 0 radical (unpaired) electrons. The fraction of sp³-hybridized carbons (Fsp3) is 0.750. The third kappa shape index (κ3) is 4.56. The Hall–Kier alpha value is -1.36. The molecule has 0 aromatic carbocycles. The number of hydrogen-bond acceptors (Lipinski definition) is 5. The lowest BCUT2D eigenvalue weighted by Gasteiger charge is -2.20. The highest BCUT2D eigenvalue weighted by Gasteiger charge is 2.24. The SMILES string of the molecule is CCOC(=O)c1oc(CC2CCCCO2)nc1CC(C)C. The first-order valence-corrected chi connectivity index (χ1v) is 7.87. The number of carbonyl (C=O) groups excluding carboxylic acids is 1. The van der Waals surface area contributed by atoms with Crippen molar-refractivity contribution in [2.75, 3.05) is 13.2 Å². The van der Waals surface area contributed by atoms with Crippen molar-refractivity contribution in [2.45, 2.75) is 59.0 Å². The number of nitrogens with zero attached hydrogens (tertiary/aromatic N) is 1. The van der Waals surface area contributed by atoms with Crippen molar-refractivity contribution >= 4 is 5.97 Å². The summed E-state index contributed by atoms with van der Waals surface area (Å²) in [6, 6.07) is 0. The van der Waals surface area contributed by atoms with Crippen LogP contribution in [-0.4, -0.2) is 30.3 Å². The summed E-state index contributed by atoms with van der Waals surface area (Å²) < 4.78 is 16.4. The Labute approximate surface area is 126 Å². The van der Waals surface area contributed by atoms with Crippen molar-refractivity contribution in [3.8, 4) is 0 Å². The van der Waals surface area contributed by atoms with E-state index in [1.54, 1.807) is 6.92 Å². The summed E-state index contributed by atoms with van der Waals surface area (Å²) in [5, 5.41) is 0. The Balaban J connectivity index is 2.12. The summed E-state index contributed by atoms with van der Waals surface area (Å²) in [5.74, 6) is 0.829. The van der Waals surface area contributed by atoms with E-state index in [1.165, 1.54) is 6.42 Å². The van der Waals surface area contributed by atoms with Crippen LogP contribution in [0.3, 0.4) is 0 Å². The van der Waals surface area contributed by atoms with Gasteiger partial charge in [0.05, 0.1) is 24.8 Å². The smallest absolute Gasteiger partial charge is 0.376 e. The van der Waals surface area contributed by atoms with Crippen molar-refractivity contribution in [1.82, 2.24) is 4.98 Å². The van der Waals surface area contributed by atoms with Crippen LogP contribution < -0.4 is 0 Å². The average molecular weight is 295 g/mol. The Bertz CT molecular complexity index is 461. The molecule has 118 valence electrons. The van der Waals surface area contributed by atoms with Gasteiger partial charge in [-0.1, -0.05) is 13.8 Å². The summed E-state index contributed by atoms with van der Waals surface area (Å²) in [5.41, 5.74) is 0.703. The van der Waals surface area contributed by atoms with Crippen LogP contribution in [-0.2, 0) is 22.3 Å². The van der Waals surface area contributed by atoms with Crippen molar-refractivity contribution < 1.29 is 18.7 Å². The van der Waals surface area contributed by atoms with Crippen LogP contribution in [0.25, 0.3) is 0 Å². The van der Waals surface area contributed by atoms with Crippen LogP contribution in [0.15, 0.2) is 4.42 Å². The lowest BCUT2D eigenvalue weighted by Crippen LogP contribution is -2.21. The Kier molecular flexibility index (Phi) is 5.79. The maximum atomic E-state index is 12.0. The summed E-state index contributed by atoms with van der Waals surface area (Å²) >= 11 is 0. The van der Waals surface area contributed by atoms with Gasteiger partial charge in [0.1, 0.15) is 0 Å². The normalized spacial score (nSPS) is 19.0. The molecule has 0 saturated carbocycles. The molecular weight excluding hydrogens is 270 g/mol. The monoisotopic (exact) mass is 295 g/mol. The minimum absolute atomic E-state index is 0.152. The number of ether oxygens (including phenoxy) is 2. The van der Waals surface area contributed by atoms with Gasteiger partial charge in [-0.05, 0) is 38.5 Å². The number of hydrogen-bond donors (Lipinski definition) is 0. The first kappa shape index (κ1) is 16.0. The van der Waals surface area contributed by atoms with E-state index >= 15 is 0 Å². The van der Waals surface area contributed by atoms with E-state index in [0.717, 1.165) is 19.4 Å². The molecule has 0 aliphatic carbocycles. The number of rotatable bonds is 6. The molecule has 0 bridgehead atoms. The average Bonchev–Trinajstić information content (AvgIpc) is 2.82. The van der Waals surface area contributed by atoms with E-state index in [4.69, 9.17) is 13.9 Å². The summed E-state index contributed by atoms with van der Waals surface area (Å²) in [6.07, 6.45) is 4.81. The molecule has 1 saturated heterocycles.